The number of benzene rings is 2. The Hall–Kier alpha value is -3.43. The molecule has 0 saturated heterocycles. The number of para-hydroxylation sites is 1. The normalized spacial score (nSPS) is 17.0. The molecule has 34 heavy (non-hydrogen) atoms. The molecule has 10 heteroatoms. The summed E-state index contributed by atoms with van der Waals surface area (Å²) >= 11 is 0. The van der Waals surface area contributed by atoms with Gasteiger partial charge in [-0.2, -0.15) is 13.2 Å². The summed E-state index contributed by atoms with van der Waals surface area (Å²) in [6.45, 7) is 1.72. The number of carbonyl (C=O) groups excluding carboxylic acids is 3. The van der Waals surface area contributed by atoms with Crippen molar-refractivity contribution >= 4 is 23.4 Å². The molecule has 1 aliphatic rings. The molecule has 182 valence electrons. The molecule has 0 saturated carbocycles. The molecule has 2 aromatic rings. The topological polar surface area (TPSA) is 101 Å². The lowest BCUT2D eigenvalue weighted by atomic mass is 9.83. The predicted octanol–water partition coefficient (Wildman–Crippen LogP) is 4.46. The van der Waals surface area contributed by atoms with Gasteiger partial charge < -0.3 is 16.4 Å². The van der Waals surface area contributed by atoms with Gasteiger partial charge in [-0.3, -0.25) is 14.4 Å². The number of hydrogen-bond donors (Lipinski definition) is 3. The van der Waals surface area contributed by atoms with Gasteiger partial charge in [-0.25, -0.2) is 4.39 Å². The molecule has 2 aromatic carbocycles. The maximum atomic E-state index is 14.5. The van der Waals surface area contributed by atoms with Crippen molar-refractivity contribution in [3.8, 4) is 11.1 Å². The van der Waals surface area contributed by atoms with Gasteiger partial charge in [-0.15, -0.1) is 0 Å². The number of alkyl halides is 3. The van der Waals surface area contributed by atoms with E-state index >= 15 is 0 Å². The molecule has 0 fully saturated rings. The van der Waals surface area contributed by atoms with Crippen molar-refractivity contribution < 1.29 is 31.9 Å². The van der Waals surface area contributed by atoms with Crippen LogP contribution < -0.4 is 16.4 Å². The van der Waals surface area contributed by atoms with Crippen LogP contribution in [0.5, 0.6) is 0 Å². The first-order valence-corrected chi connectivity index (χ1v) is 10.9. The zero-order chi connectivity index (χ0) is 25.0. The average Bonchev–Trinajstić information content (AvgIpc) is 2.88. The Morgan fingerprint density at radius 1 is 1.06 bits per heavy atom. The number of amides is 3. The predicted molar refractivity (Wildman–Crippen MR) is 118 cm³/mol. The van der Waals surface area contributed by atoms with Crippen molar-refractivity contribution in [3.05, 3.63) is 53.8 Å². The zero-order valence-electron chi connectivity index (χ0n) is 18.4. The molecule has 3 amide bonds. The molecular weight excluding hydrogens is 454 g/mol. The van der Waals surface area contributed by atoms with Crippen LogP contribution in [0.3, 0.4) is 0 Å². The van der Waals surface area contributed by atoms with Gasteiger partial charge in [0, 0.05) is 23.8 Å². The van der Waals surface area contributed by atoms with Crippen molar-refractivity contribution in [2.45, 2.75) is 44.8 Å². The molecule has 1 aliphatic heterocycles. The number of carbonyl (C=O) groups is 3. The highest BCUT2D eigenvalue weighted by atomic mass is 19.4. The third kappa shape index (κ3) is 5.55. The van der Waals surface area contributed by atoms with E-state index in [9.17, 15) is 31.9 Å². The van der Waals surface area contributed by atoms with E-state index < -0.39 is 60.4 Å². The van der Waals surface area contributed by atoms with Gasteiger partial charge in [0.2, 0.25) is 11.8 Å². The quantitative estimate of drug-likeness (QED) is 0.487. The summed E-state index contributed by atoms with van der Waals surface area (Å²) in [5.41, 5.74) is 6.64. The number of nitrogens with two attached hydrogens (primary N) is 1. The lowest BCUT2D eigenvalue weighted by Crippen LogP contribution is -2.44. The molecular formula is C24H25F4N3O3. The van der Waals surface area contributed by atoms with Gasteiger partial charge in [0.05, 0.1) is 5.69 Å². The van der Waals surface area contributed by atoms with Crippen LogP contribution >= 0.6 is 0 Å². The fraction of sp³-hybridized carbons (Fsp3) is 0.375. The molecule has 0 spiro atoms. The molecule has 0 radical (unpaired) electrons. The van der Waals surface area contributed by atoms with E-state index in [1.807, 2.05) is 0 Å². The van der Waals surface area contributed by atoms with Crippen LogP contribution in [0.2, 0.25) is 0 Å². The van der Waals surface area contributed by atoms with Crippen molar-refractivity contribution in [1.82, 2.24) is 5.32 Å². The smallest absolute Gasteiger partial charge is 0.369 e. The molecule has 1 unspecified atom stereocenters. The summed E-state index contributed by atoms with van der Waals surface area (Å²) in [6.07, 6.45) is -5.92. The summed E-state index contributed by atoms with van der Waals surface area (Å²) in [5.74, 6) is -5.68. The Balaban J connectivity index is 1.95. The van der Waals surface area contributed by atoms with Crippen LogP contribution in [0, 0.1) is 17.7 Å². The number of primary amides is 1. The molecule has 1 heterocycles. The SMILES string of the molecule is CCC[C@H](C(=O)NC1C(=O)Nc2c(F)cccc2-c2ccccc21)[C@@H](CCC(F)(F)F)C(N)=O. The minimum Gasteiger partial charge on any atom is -0.369 e. The Bertz CT molecular complexity index is 1090. The molecule has 4 N–H and O–H groups in total. The third-order valence-corrected chi connectivity index (χ3v) is 5.90. The van der Waals surface area contributed by atoms with Crippen molar-refractivity contribution in [2.75, 3.05) is 5.32 Å². The maximum absolute atomic E-state index is 14.5. The lowest BCUT2D eigenvalue weighted by molar-refractivity contribution is -0.146. The Labute approximate surface area is 193 Å². The van der Waals surface area contributed by atoms with E-state index in [-0.39, 0.29) is 12.1 Å². The molecule has 6 nitrogen and oxygen atoms in total. The Kier molecular flexibility index (Phi) is 7.58. The highest BCUT2D eigenvalue weighted by Crippen LogP contribution is 2.39. The first-order chi connectivity index (χ1) is 16.0. The Morgan fingerprint density at radius 3 is 2.38 bits per heavy atom. The van der Waals surface area contributed by atoms with E-state index in [1.165, 1.54) is 12.1 Å². The maximum Gasteiger partial charge on any atom is 0.389 e. The Morgan fingerprint density at radius 2 is 1.74 bits per heavy atom. The molecule has 0 aliphatic carbocycles. The summed E-state index contributed by atoms with van der Waals surface area (Å²) in [7, 11) is 0. The van der Waals surface area contributed by atoms with Crippen molar-refractivity contribution in [1.29, 1.82) is 0 Å². The fourth-order valence-corrected chi connectivity index (χ4v) is 4.29. The second-order valence-corrected chi connectivity index (χ2v) is 8.24. The van der Waals surface area contributed by atoms with Crippen LogP contribution in [0.25, 0.3) is 11.1 Å². The van der Waals surface area contributed by atoms with Crippen LogP contribution in [0.4, 0.5) is 23.2 Å². The van der Waals surface area contributed by atoms with Crippen LogP contribution in [0.1, 0.15) is 44.2 Å². The fourth-order valence-electron chi connectivity index (χ4n) is 4.29. The minimum atomic E-state index is -4.52. The van der Waals surface area contributed by atoms with Gasteiger partial charge in [0.25, 0.3) is 5.91 Å². The van der Waals surface area contributed by atoms with E-state index in [0.29, 0.717) is 23.1 Å². The summed E-state index contributed by atoms with van der Waals surface area (Å²) in [5, 5.41) is 5.07. The monoisotopic (exact) mass is 479 g/mol. The number of rotatable bonds is 8. The largest absolute Gasteiger partial charge is 0.389 e. The summed E-state index contributed by atoms with van der Waals surface area (Å²) in [6, 6.07) is 9.67. The molecule has 0 aromatic heterocycles. The first-order valence-electron chi connectivity index (χ1n) is 10.9. The number of halogens is 4. The molecule has 3 atom stereocenters. The lowest BCUT2D eigenvalue weighted by Gasteiger charge is -2.27. The first kappa shape index (κ1) is 25.2. The number of hydrogen-bond acceptors (Lipinski definition) is 3. The van der Waals surface area contributed by atoms with Gasteiger partial charge in [-0.05, 0) is 30.0 Å². The minimum absolute atomic E-state index is 0.0398. The van der Waals surface area contributed by atoms with Crippen LogP contribution in [-0.4, -0.2) is 23.9 Å². The van der Waals surface area contributed by atoms with E-state index in [1.54, 1.807) is 37.3 Å². The van der Waals surface area contributed by atoms with Crippen molar-refractivity contribution in [3.63, 3.8) is 0 Å². The molecule has 3 rings (SSSR count). The van der Waals surface area contributed by atoms with Gasteiger partial charge >= 0.3 is 6.18 Å². The second-order valence-electron chi connectivity index (χ2n) is 8.24. The van der Waals surface area contributed by atoms with Crippen LogP contribution in [-0.2, 0) is 14.4 Å². The summed E-state index contributed by atoms with van der Waals surface area (Å²) < 4.78 is 52.8. The highest BCUT2D eigenvalue weighted by Gasteiger charge is 2.38. The second kappa shape index (κ2) is 10.2. The highest BCUT2D eigenvalue weighted by molar-refractivity contribution is 6.05. The zero-order valence-corrected chi connectivity index (χ0v) is 18.4. The van der Waals surface area contributed by atoms with E-state index in [4.69, 9.17) is 5.73 Å². The summed E-state index contributed by atoms with van der Waals surface area (Å²) in [4.78, 5) is 38.2. The number of anilines is 1. The average molecular weight is 479 g/mol. The van der Waals surface area contributed by atoms with E-state index in [0.717, 1.165) is 0 Å². The third-order valence-electron chi connectivity index (χ3n) is 5.90. The van der Waals surface area contributed by atoms with Gasteiger partial charge in [0.15, 0.2) is 0 Å². The number of fused-ring (bicyclic) bond motifs is 3. The van der Waals surface area contributed by atoms with Gasteiger partial charge in [0.1, 0.15) is 11.9 Å². The number of nitrogens with one attached hydrogen (secondary N) is 2. The standard InChI is InChI=1S/C24H25F4N3O3/c1-2-6-17(16(21(29)32)11-12-24(26,27)28)22(33)31-20-15-8-4-3-7-13(15)14-9-5-10-18(25)19(14)30-23(20)34/h3-5,7-10,16-17,20H,2,6,11-12H2,1H3,(H2,29,32)(H,30,34)(H,31,33)/t16-,17+,20?/m1/s1. The van der Waals surface area contributed by atoms with Crippen LogP contribution in [0.15, 0.2) is 42.5 Å². The molecule has 0 bridgehead atoms. The van der Waals surface area contributed by atoms with Crippen molar-refractivity contribution in [2.24, 2.45) is 17.6 Å². The van der Waals surface area contributed by atoms with E-state index in [2.05, 4.69) is 10.6 Å². The van der Waals surface area contributed by atoms with Gasteiger partial charge in [-0.1, -0.05) is 49.7 Å².